The number of rotatable bonds is 8. The first-order valence-corrected chi connectivity index (χ1v) is 11.3. The fraction of sp³-hybridized carbons (Fsp3) is 0.500. The summed E-state index contributed by atoms with van der Waals surface area (Å²) < 4.78 is 27.9. The van der Waals surface area contributed by atoms with Crippen molar-refractivity contribution in [2.75, 3.05) is 5.32 Å². The molecule has 1 aliphatic rings. The van der Waals surface area contributed by atoms with Crippen molar-refractivity contribution in [3.63, 3.8) is 0 Å². The molecule has 0 spiro atoms. The molecule has 7 nitrogen and oxygen atoms in total. The molecule has 1 aromatic heterocycles. The van der Waals surface area contributed by atoms with E-state index < -0.39 is 22.0 Å². The second-order valence-corrected chi connectivity index (χ2v) is 10.0. The Morgan fingerprint density at radius 3 is 2.48 bits per heavy atom. The fourth-order valence-corrected chi connectivity index (χ4v) is 4.75. The van der Waals surface area contributed by atoms with Crippen LogP contribution in [0.25, 0.3) is 0 Å². The van der Waals surface area contributed by atoms with E-state index in [1.165, 1.54) is 23.5 Å². The molecule has 3 rings (SSSR count). The van der Waals surface area contributed by atoms with Crippen LogP contribution >= 0.6 is 11.3 Å². The Bertz CT molecular complexity index is 903. The number of carbonyl (C=O) groups excluding carboxylic acids is 1. The highest BCUT2D eigenvalue weighted by atomic mass is 32.2. The monoisotopic (exact) mass is 408 g/mol. The molecule has 1 aromatic carbocycles. The molecule has 0 aliphatic heterocycles. The van der Waals surface area contributed by atoms with Gasteiger partial charge in [0.15, 0.2) is 0 Å². The van der Waals surface area contributed by atoms with Crippen LogP contribution in [0, 0.1) is 12.8 Å². The van der Waals surface area contributed by atoms with Gasteiger partial charge in [-0.05, 0) is 44.2 Å². The van der Waals surface area contributed by atoms with Crippen LogP contribution in [0.15, 0.2) is 29.2 Å². The van der Waals surface area contributed by atoms with Crippen molar-refractivity contribution in [1.82, 2.24) is 14.9 Å². The normalized spacial score (nSPS) is 15.7. The van der Waals surface area contributed by atoms with Crippen LogP contribution in [0.5, 0.6) is 0 Å². The highest BCUT2D eigenvalue weighted by molar-refractivity contribution is 7.89. The third kappa shape index (κ3) is 5.33. The zero-order valence-electron chi connectivity index (χ0n) is 15.6. The summed E-state index contributed by atoms with van der Waals surface area (Å²) in [5.74, 6) is 0.176. The molecule has 1 unspecified atom stereocenters. The number of amides is 1. The predicted molar refractivity (Wildman–Crippen MR) is 105 cm³/mol. The lowest BCUT2D eigenvalue weighted by atomic mass is 10.0. The van der Waals surface area contributed by atoms with Crippen LogP contribution in [-0.4, -0.2) is 30.6 Å². The molecule has 0 radical (unpaired) electrons. The van der Waals surface area contributed by atoms with Gasteiger partial charge < -0.3 is 0 Å². The standard InChI is InChI=1S/C18H24N4O3S2/c1-11(2)10-15(22-27(24,25)14-8-4-12(3)5-9-14)16(23)19-18-21-20-17(26-18)13-6-7-13/h4-5,8-9,11,13,15,22H,6-7,10H2,1-3H3,(H,19,21,23). The quantitative estimate of drug-likeness (QED) is 0.699. The van der Waals surface area contributed by atoms with Gasteiger partial charge in [-0.15, -0.1) is 10.2 Å². The van der Waals surface area contributed by atoms with Crippen molar-refractivity contribution >= 4 is 32.4 Å². The Kier molecular flexibility index (Phi) is 5.92. The second-order valence-electron chi connectivity index (χ2n) is 7.33. The first kappa shape index (κ1) is 19.9. The minimum Gasteiger partial charge on any atom is -0.299 e. The zero-order valence-corrected chi connectivity index (χ0v) is 17.2. The number of sulfonamides is 1. The molecular formula is C18H24N4O3S2. The number of nitrogens with zero attached hydrogens (tertiary/aromatic N) is 2. The van der Waals surface area contributed by atoms with E-state index in [0.717, 1.165) is 23.4 Å². The molecule has 146 valence electrons. The highest BCUT2D eigenvalue weighted by Crippen LogP contribution is 2.42. The van der Waals surface area contributed by atoms with Gasteiger partial charge in [0.1, 0.15) is 11.0 Å². The van der Waals surface area contributed by atoms with Gasteiger partial charge in [0.25, 0.3) is 0 Å². The Labute approximate surface area is 163 Å². The van der Waals surface area contributed by atoms with Crippen molar-refractivity contribution in [3.8, 4) is 0 Å². The van der Waals surface area contributed by atoms with E-state index >= 15 is 0 Å². The number of anilines is 1. The average molecular weight is 409 g/mol. The number of hydrogen-bond donors (Lipinski definition) is 2. The van der Waals surface area contributed by atoms with E-state index in [1.54, 1.807) is 12.1 Å². The van der Waals surface area contributed by atoms with Crippen LogP contribution in [-0.2, 0) is 14.8 Å². The van der Waals surface area contributed by atoms with Crippen LogP contribution in [0.2, 0.25) is 0 Å². The van der Waals surface area contributed by atoms with E-state index in [-0.39, 0.29) is 10.8 Å². The SMILES string of the molecule is Cc1ccc(S(=O)(=O)NC(CC(C)C)C(=O)Nc2nnc(C3CC3)s2)cc1. The summed E-state index contributed by atoms with van der Waals surface area (Å²) in [6.07, 6.45) is 2.59. The summed E-state index contributed by atoms with van der Waals surface area (Å²) in [5.41, 5.74) is 0.966. The first-order valence-electron chi connectivity index (χ1n) is 8.98. The molecule has 0 saturated heterocycles. The Hall–Kier alpha value is -1.84. The molecule has 1 atom stereocenters. The van der Waals surface area contributed by atoms with Gasteiger partial charge in [-0.25, -0.2) is 8.42 Å². The largest absolute Gasteiger partial charge is 0.299 e. The Balaban J connectivity index is 1.73. The predicted octanol–water partition coefficient (Wildman–Crippen LogP) is 3.06. The van der Waals surface area contributed by atoms with Crippen molar-refractivity contribution < 1.29 is 13.2 Å². The van der Waals surface area contributed by atoms with Gasteiger partial charge in [-0.3, -0.25) is 10.1 Å². The van der Waals surface area contributed by atoms with Crippen molar-refractivity contribution in [3.05, 3.63) is 34.8 Å². The van der Waals surface area contributed by atoms with E-state index in [0.29, 0.717) is 17.5 Å². The lowest BCUT2D eigenvalue weighted by molar-refractivity contribution is -0.118. The van der Waals surface area contributed by atoms with Crippen LogP contribution in [0.4, 0.5) is 5.13 Å². The topological polar surface area (TPSA) is 101 Å². The Morgan fingerprint density at radius 2 is 1.89 bits per heavy atom. The summed E-state index contributed by atoms with van der Waals surface area (Å²) in [4.78, 5) is 12.8. The molecule has 27 heavy (non-hydrogen) atoms. The lowest BCUT2D eigenvalue weighted by Crippen LogP contribution is -2.44. The highest BCUT2D eigenvalue weighted by Gasteiger charge is 2.30. The van der Waals surface area contributed by atoms with Gasteiger partial charge in [0.2, 0.25) is 21.1 Å². The molecule has 1 heterocycles. The van der Waals surface area contributed by atoms with Crippen LogP contribution < -0.4 is 10.0 Å². The van der Waals surface area contributed by atoms with Gasteiger partial charge in [-0.1, -0.05) is 42.9 Å². The van der Waals surface area contributed by atoms with Crippen LogP contribution in [0.3, 0.4) is 0 Å². The summed E-state index contributed by atoms with van der Waals surface area (Å²) in [6, 6.07) is 5.65. The van der Waals surface area contributed by atoms with E-state index in [9.17, 15) is 13.2 Å². The molecule has 2 N–H and O–H groups in total. The van der Waals surface area contributed by atoms with E-state index in [4.69, 9.17) is 0 Å². The van der Waals surface area contributed by atoms with Crippen molar-refractivity contribution in [2.45, 2.75) is 56.9 Å². The first-order chi connectivity index (χ1) is 12.7. The number of aryl methyl sites for hydroxylation is 1. The third-order valence-electron chi connectivity index (χ3n) is 4.25. The molecule has 9 heteroatoms. The maximum absolute atomic E-state index is 12.7. The van der Waals surface area contributed by atoms with E-state index in [1.807, 2.05) is 20.8 Å². The lowest BCUT2D eigenvalue weighted by Gasteiger charge is -2.19. The van der Waals surface area contributed by atoms with Gasteiger partial charge in [0.05, 0.1) is 4.90 Å². The maximum atomic E-state index is 12.7. The zero-order chi connectivity index (χ0) is 19.6. The van der Waals surface area contributed by atoms with E-state index in [2.05, 4.69) is 20.2 Å². The van der Waals surface area contributed by atoms with Crippen LogP contribution in [0.1, 0.15) is 49.6 Å². The summed E-state index contributed by atoms with van der Waals surface area (Å²) in [6.45, 7) is 5.77. The summed E-state index contributed by atoms with van der Waals surface area (Å²) >= 11 is 1.35. The van der Waals surface area contributed by atoms with Crippen molar-refractivity contribution in [1.29, 1.82) is 0 Å². The number of aromatic nitrogens is 2. The molecule has 1 fully saturated rings. The minimum absolute atomic E-state index is 0.137. The van der Waals surface area contributed by atoms with Gasteiger partial charge in [0, 0.05) is 5.92 Å². The minimum atomic E-state index is -3.80. The van der Waals surface area contributed by atoms with Gasteiger partial charge in [-0.2, -0.15) is 4.72 Å². The third-order valence-corrected chi connectivity index (χ3v) is 6.74. The number of carbonyl (C=O) groups is 1. The fourth-order valence-electron chi connectivity index (χ4n) is 2.63. The summed E-state index contributed by atoms with van der Waals surface area (Å²) in [7, 11) is -3.80. The smallest absolute Gasteiger partial charge is 0.244 e. The molecule has 1 amide bonds. The molecule has 0 bridgehead atoms. The van der Waals surface area contributed by atoms with Crippen molar-refractivity contribution in [2.24, 2.45) is 5.92 Å². The Morgan fingerprint density at radius 1 is 1.22 bits per heavy atom. The molecular weight excluding hydrogens is 384 g/mol. The van der Waals surface area contributed by atoms with Gasteiger partial charge >= 0.3 is 0 Å². The number of nitrogens with one attached hydrogen (secondary N) is 2. The number of hydrogen-bond acceptors (Lipinski definition) is 6. The average Bonchev–Trinajstić information content (AvgIpc) is 3.34. The maximum Gasteiger partial charge on any atom is 0.244 e. The molecule has 1 saturated carbocycles. The summed E-state index contributed by atoms with van der Waals surface area (Å²) in [5, 5.41) is 12.1. The number of benzene rings is 1. The molecule has 1 aliphatic carbocycles. The molecule has 2 aromatic rings. The second kappa shape index (κ2) is 8.04.